The van der Waals surface area contributed by atoms with Gasteiger partial charge in [-0.3, -0.25) is 4.79 Å². The third-order valence-electron chi connectivity index (χ3n) is 8.83. The summed E-state index contributed by atoms with van der Waals surface area (Å²) >= 11 is 0. The molecule has 2 aliphatic heterocycles. The van der Waals surface area contributed by atoms with Gasteiger partial charge in [-0.05, 0) is 72.5 Å². The fourth-order valence-corrected chi connectivity index (χ4v) is 6.48. The molecule has 0 unspecified atom stereocenters. The summed E-state index contributed by atoms with van der Waals surface area (Å²) in [7, 11) is 3.34. The van der Waals surface area contributed by atoms with E-state index in [1.807, 2.05) is 52.2 Å². The lowest BCUT2D eigenvalue weighted by atomic mass is 9.65. The number of hydrogen-bond donors (Lipinski definition) is 0. The Morgan fingerprint density at radius 2 is 1.71 bits per heavy atom. The molecular weight excluding hydrogens is 516 g/mol. The lowest BCUT2D eigenvalue weighted by Gasteiger charge is -2.37. The van der Waals surface area contributed by atoms with Crippen LogP contribution in [0.25, 0.3) is 16.9 Å². The number of amides is 1. The lowest BCUT2D eigenvalue weighted by Crippen LogP contribution is -2.44. The van der Waals surface area contributed by atoms with E-state index in [9.17, 15) is 4.79 Å². The van der Waals surface area contributed by atoms with Crippen LogP contribution in [0.2, 0.25) is 0 Å². The maximum Gasteiger partial charge on any atom is 0.238 e. The van der Waals surface area contributed by atoms with Crippen LogP contribution in [0.4, 0.5) is 11.4 Å². The molecule has 2 fully saturated rings. The van der Waals surface area contributed by atoms with Crippen LogP contribution in [0.1, 0.15) is 30.4 Å². The van der Waals surface area contributed by atoms with Crippen LogP contribution < -0.4 is 19.3 Å². The summed E-state index contributed by atoms with van der Waals surface area (Å²) < 4.78 is 18.8. The fraction of sp³-hybridized carbons (Fsp3) is 0.333. The van der Waals surface area contributed by atoms with E-state index in [-0.39, 0.29) is 5.91 Å². The van der Waals surface area contributed by atoms with Crippen molar-refractivity contribution in [1.82, 2.24) is 9.78 Å². The molecule has 1 saturated carbocycles. The molecule has 3 aromatic carbocycles. The first kappa shape index (κ1) is 25.7. The minimum absolute atomic E-state index is 0.164. The molecule has 0 N–H and O–H groups in total. The van der Waals surface area contributed by atoms with Crippen LogP contribution >= 0.6 is 0 Å². The first-order valence-corrected chi connectivity index (χ1v) is 14.3. The number of benzene rings is 3. The number of morpholine rings is 1. The van der Waals surface area contributed by atoms with Crippen molar-refractivity contribution in [1.29, 1.82) is 0 Å². The Labute approximate surface area is 240 Å². The summed E-state index contributed by atoms with van der Waals surface area (Å²) in [5.74, 6) is 1.67. The van der Waals surface area contributed by atoms with Gasteiger partial charge in [0.2, 0.25) is 5.91 Å². The molecule has 0 bridgehead atoms. The van der Waals surface area contributed by atoms with Crippen molar-refractivity contribution in [2.75, 3.05) is 50.3 Å². The number of aromatic nitrogens is 2. The van der Waals surface area contributed by atoms with Crippen molar-refractivity contribution >= 4 is 17.3 Å². The first-order chi connectivity index (χ1) is 20.1. The molecule has 8 heteroatoms. The van der Waals surface area contributed by atoms with E-state index < -0.39 is 5.41 Å². The van der Waals surface area contributed by atoms with Gasteiger partial charge < -0.3 is 24.0 Å². The molecule has 1 saturated heterocycles. The molecule has 3 aliphatic rings. The summed E-state index contributed by atoms with van der Waals surface area (Å²) in [5, 5.41) is 4.71. The predicted molar refractivity (Wildman–Crippen MR) is 158 cm³/mol. The SMILES string of the molecule is COc1ccc(CN2C(=O)C3(CCC3)c3cc(-c4ccnn4-c4cccc(N5CCOCC5)c4)cc(OC)c32)cc1. The number of nitrogens with zero attached hydrogens (tertiary/aromatic N) is 4. The molecule has 8 nitrogen and oxygen atoms in total. The van der Waals surface area contributed by atoms with Crippen LogP contribution in [0, 0.1) is 0 Å². The van der Waals surface area contributed by atoms with E-state index in [1.165, 1.54) is 0 Å². The molecule has 210 valence electrons. The molecule has 1 amide bonds. The number of ether oxygens (including phenoxy) is 3. The first-order valence-electron chi connectivity index (χ1n) is 14.3. The smallest absolute Gasteiger partial charge is 0.238 e. The number of carbonyl (C=O) groups excluding carboxylic acids is 1. The summed E-state index contributed by atoms with van der Waals surface area (Å²) in [6, 6.07) is 22.7. The molecule has 41 heavy (non-hydrogen) atoms. The molecule has 1 aliphatic carbocycles. The van der Waals surface area contributed by atoms with Gasteiger partial charge in [-0.2, -0.15) is 5.10 Å². The topological polar surface area (TPSA) is 69.1 Å². The van der Waals surface area contributed by atoms with Crippen molar-refractivity contribution in [3.63, 3.8) is 0 Å². The Hall–Kier alpha value is -4.30. The number of rotatable bonds is 7. The quantitative estimate of drug-likeness (QED) is 0.309. The maximum absolute atomic E-state index is 14.1. The average molecular weight is 551 g/mol. The zero-order valence-electron chi connectivity index (χ0n) is 23.5. The highest BCUT2D eigenvalue weighted by Crippen LogP contribution is 2.57. The molecule has 1 aromatic heterocycles. The van der Waals surface area contributed by atoms with Crippen molar-refractivity contribution in [2.45, 2.75) is 31.2 Å². The Bertz CT molecular complexity index is 1590. The number of anilines is 2. The third kappa shape index (κ3) is 4.25. The summed E-state index contributed by atoms with van der Waals surface area (Å²) in [6.07, 6.45) is 4.58. The van der Waals surface area contributed by atoms with Crippen LogP contribution in [0.3, 0.4) is 0 Å². The Balaban J connectivity index is 1.28. The molecule has 0 atom stereocenters. The standard InChI is InChI=1S/C33H34N4O4/c1-39-27-9-7-23(8-10-27)22-36-31-28(33(32(36)38)12-4-13-33)19-24(20-30(31)40-2)29-11-14-34-37(29)26-6-3-5-25(21-26)35-15-17-41-18-16-35/h3,5-11,14,19-21H,4,12-13,15-18,22H2,1-2H3. The number of hydrogen-bond acceptors (Lipinski definition) is 6. The number of carbonyl (C=O) groups is 1. The van der Waals surface area contributed by atoms with Gasteiger partial charge in [0.15, 0.2) is 0 Å². The van der Waals surface area contributed by atoms with Gasteiger partial charge >= 0.3 is 0 Å². The molecule has 1 spiro atoms. The number of fused-ring (bicyclic) bond motifs is 2. The Kier molecular flexibility index (Phi) is 6.43. The zero-order valence-corrected chi connectivity index (χ0v) is 23.5. The van der Waals surface area contributed by atoms with Crippen LogP contribution in [0.15, 0.2) is 72.9 Å². The highest BCUT2D eigenvalue weighted by Gasteiger charge is 2.55. The fourth-order valence-electron chi connectivity index (χ4n) is 6.48. The normalized spacial score (nSPS) is 17.5. The minimum atomic E-state index is -0.494. The van der Waals surface area contributed by atoms with Crippen molar-refractivity contribution in [2.24, 2.45) is 0 Å². The van der Waals surface area contributed by atoms with E-state index >= 15 is 0 Å². The van der Waals surface area contributed by atoms with Crippen molar-refractivity contribution in [3.8, 4) is 28.4 Å². The van der Waals surface area contributed by atoms with Gasteiger partial charge in [0.05, 0.1) is 62.7 Å². The minimum Gasteiger partial charge on any atom is -0.497 e. The second-order valence-electron chi connectivity index (χ2n) is 11.0. The van der Waals surface area contributed by atoms with E-state index in [2.05, 4.69) is 35.2 Å². The van der Waals surface area contributed by atoms with E-state index in [4.69, 9.17) is 19.3 Å². The number of methoxy groups -OCH3 is 2. The van der Waals surface area contributed by atoms with Gasteiger partial charge in [0, 0.05) is 24.3 Å². The maximum atomic E-state index is 14.1. The predicted octanol–water partition coefficient (Wildman–Crippen LogP) is 5.36. The molecular formula is C33H34N4O4. The van der Waals surface area contributed by atoms with Gasteiger partial charge in [0.25, 0.3) is 0 Å². The summed E-state index contributed by atoms with van der Waals surface area (Å²) in [5.41, 5.74) is 6.60. The molecule has 3 heterocycles. The van der Waals surface area contributed by atoms with E-state index in [0.29, 0.717) is 12.3 Å². The molecule has 7 rings (SSSR count). The summed E-state index contributed by atoms with van der Waals surface area (Å²) in [4.78, 5) is 18.3. The highest BCUT2D eigenvalue weighted by atomic mass is 16.5. The second-order valence-corrected chi connectivity index (χ2v) is 11.0. The Morgan fingerprint density at radius 3 is 2.41 bits per heavy atom. The van der Waals surface area contributed by atoms with E-state index in [1.54, 1.807) is 14.2 Å². The van der Waals surface area contributed by atoms with Gasteiger partial charge in [-0.15, -0.1) is 0 Å². The molecule has 0 radical (unpaired) electrons. The van der Waals surface area contributed by atoms with Crippen LogP contribution in [-0.2, 0) is 21.5 Å². The van der Waals surface area contributed by atoms with Crippen LogP contribution in [0.5, 0.6) is 11.5 Å². The zero-order chi connectivity index (χ0) is 28.0. The van der Waals surface area contributed by atoms with Crippen molar-refractivity contribution < 1.29 is 19.0 Å². The van der Waals surface area contributed by atoms with Crippen molar-refractivity contribution in [3.05, 3.63) is 84.1 Å². The monoisotopic (exact) mass is 550 g/mol. The van der Waals surface area contributed by atoms with Crippen LogP contribution in [-0.4, -0.2) is 56.2 Å². The third-order valence-corrected chi connectivity index (χ3v) is 8.83. The van der Waals surface area contributed by atoms with Gasteiger partial charge in [-0.25, -0.2) is 4.68 Å². The second kappa shape index (κ2) is 10.3. The lowest BCUT2D eigenvalue weighted by molar-refractivity contribution is -0.126. The molecule has 4 aromatic rings. The Morgan fingerprint density at radius 1 is 0.927 bits per heavy atom. The summed E-state index contributed by atoms with van der Waals surface area (Å²) in [6.45, 7) is 3.71. The average Bonchev–Trinajstić information content (AvgIpc) is 3.59. The van der Waals surface area contributed by atoms with E-state index in [0.717, 1.165) is 90.8 Å². The highest BCUT2D eigenvalue weighted by molar-refractivity contribution is 6.10. The largest absolute Gasteiger partial charge is 0.497 e. The van der Waals surface area contributed by atoms with Gasteiger partial charge in [0.1, 0.15) is 11.5 Å². The van der Waals surface area contributed by atoms with Gasteiger partial charge in [-0.1, -0.05) is 24.6 Å².